The lowest BCUT2D eigenvalue weighted by atomic mass is 10.1. The largest absolute Gasteiger partial charge is 0.495 e. The summed E-state index contributed by atoms with van der Waals surface area (Å²) in [5.41, 5.74) is 0.173. The number of alkyl halides is 3. The zero-order valence-corrected chi connectivity index (χ0v) is 18.9. The van der Waals surface area contributed by atoms with E-state index in [2.05, 4.69) is 21.5 Å². The van der Waals surface area contributed by atoms with Gasteiger partial charge in [0.25, 0.3) is 0 Å². The molecule has 1 aromatic carbocycles. The summed E-state index contributed by atoms with van der Waals surface area (Å²) < 4.78 is 50.3. The Balaban J connectivity index is 2.69. The van der Waals surface area contributed by atoms with Crippen LogP contribution in [0.4, 0.5) is 13.2 Å². The lowest BCUT2D eigenvalue weighted by molar-refractivity contribution is -0.121. The molecule has 0 saturated heterocycles. The Morgan fingerprint density at radius 1 is 1.20 bits per heavy atom. The first-order valence-electron chi connectivity index (χ1n) is 8.33. The number of nitrogens with zero attached hydrogens (tertiary/aromatic N) is 3. The van der Waals surface area contributed by atoms with Gasteiger partial charge in [-0.3, -0.25) is 4.99 Å². The maximum Gasteiger partial charge on any atom is 0.394 e. The first kappa shape index (κ1) is 24.3. The van der Waals surface area contributed by atoms with Crippen LogP contribution >= 0.6 is 35.0 Å². The summed E-state index contributed by atoms with van der Waals surface area (Å²) >= 11 is 13.9. The lowest BCUT2D eigenvalue weighted by Crippen LogP contribution is -2.18. The molecule has 0 fully saturated rings. The Kier molecular flexibility index (Phi) is 8.01. The molecule has 0 radical (unpaired) electrons. The van der Waals surface area contributed by atoms with Gasteiger partial charge in [-0.15, -0.1) is 0 Å². The second-order valence-electron chi connectivity index (χ2n) is 5.97. The van der Waals surface area contributed by atoms with Crippen molar-refractivity contribution >= 4 is 46.4 Å². The van der Waals surface area contributed by atoms with Gasteiger partial charge in [0, 0.05) is 17.8 Å². The van der Waals surface area contributed by atoms with Gasteiger partial charge in [-0.05, 0) is 18.7 Å². The van der Waals surface area contributed by atoms with Gasteiger partial charge >= 0.3 is 6.18 Å². The number of halogens is 5. The molecule has 2 rings (SSSR count). The highest BCUT2D eigenvalue weighted by Crippen LogP contribution is 2.44. The molecular formula is C19H18Cl2F3N3O2S. The number of hydrogen-bond acceptors (Lipinski definition) is 6. The summed E-state index contributed by atoms with van der Waals surface area (Å²) in [7, 11) is 2.77. The highest BCUT2D eigenvalue weighted by molar-refractivity contribution is 7.98. The predicted octanol–water partition coefficient (Wildman–Crippen LogP) is 6.24. The van der Waals surface area contributed by atoms with Gasteiger partial charge in [-0.1, -0.05) is 41.5 Å². The molecule has 0 bridgehead atoms. The molecule has 5 nitrogen and oxygen atoms in total. The third kappa shape index (κ3) is 5.59. The summed E-state index contributed by atoms with van der Waals surface area (Å²) in [6.07, 6.45) is -2.70. The van der Waals surface area contributed by atoms with Crippen molar-refractivity contribution in [3.63, 3.8) is 0 Å². The van der Waals surface area contributed by atoms with Gasteiger partial charge in [0.1, 0.15) is 11.5 Å². The molecule has 162 valence electrons. The van der Waals surface area contributed by atoms with E-state index in [1.807, 2.05) is 0 Å². The van der Waals surface area contributed by atoms with E-state index in [4.69, 9.17) is 32.7 Å². The minimum Gasteiger partial charge on any atom is -0.495 e. The SMILES string of the molecule is C=C(/N=C(/CC(F)(F)F)c1nc(SC)ncc1C)c1c(Cl)c(OC)cc(OC)c1Cl. The highest BCUT2D eigenvalue weighted by atomic mass is 35.5. The summed E-state index contributed by atoms with van der Waals surface area (Å²) in [4.78, 5) is 12.4. The number of methoxy groups -OCH3 is 2. The van der Waals surface area contributed by atoms with E-state index in [1.165, 1.54) is 38.2 Å². The van der Waals surface area contributed by atoms with Crippen LogP contribution in [0.15, 0.2) is 29.0 Å². The molecular weight excluding hydrogens is 462 g/mol. The Labute approximate surface area is 186 Å². The molecule has 1 heterocycles. The Morgan fingerprint density at radius 2 is 1.77 bits per heavy atom. The Bertz CT molecular complexity index is 970. The summed E-state index contributed by atoms with van der Waals surface area (Å²) in [5.74, 6) is 0.425. The first-order chi connectivity index (χ1) is 14.0. The fraction of sp³-hybridized carbons (Fsp3) is 0.316. The van der Waals surface area contributed by atoms with E-state index in [9.17, 15) is 13.2 Å². The molecule has 2 aromatic rings. The van der Waals surface area contributed by atoms with E-state index in [1.54, 1.807) is 13.2 Å². The second-order valence-corrected chi connectivity index (χ2v) is 7.50. The molecule has 0 spiro atoms. The zero-order valence-electron chi connectivity index (χ0n) is 16.5. The Morgan fingerprint density at radius 3 is 2.23 bits per heavy atom. The van der Waals surface area contributed by atoms with E-state index >= 15 is 0 Å². The number of benzene rings is 1. The normalized spacial score (nSPS) is 12.1. The van der Waals surface area contributed by atoms with Gasteiger partial charge in [0.15, 0.2) is 5.16 Å². The molecule has 11 heteroatoms. The van der Waals surface area contributed by atoms with Gasteiger partial charge in [0.05, 0.1) is 47.8 Å². The number of rotatable bonds is 7. The monoisotopic (exact) mass is 479 g/mol. The molecule has 0 atom stereocenters. The van der Waals surface area contributed by atoms with Crippen LogP contribution in [-0.2, 0) is 0 Å². The summed E-state index contributed by atoms with van der Waals surface area (Å²) in [6.45, 7) is 5.38. The van der Waals surface area contributed by atoms with Crippen molar-refractivity contribution in [3.05, 3.63) is 45.7 Å². The van der Waals surface area contributed by atoms with Crippen molar-refractivity contribution in [1.82, 2.24) is 9.97 Å². The van der Waals surface area contributed by atoms with E-state index in [0.717, 1.165) is 0 Å². The van der Waals surface area contributed by atoms with Crippen molar-refractivity contribution in [2.45, 2.75) is 24.7 Å². The number of thioether (sulfide) groups is 1. The molecule has 1 aromatic heterocycles. The predicted molar refractivity (Wildman–Crippen MR) is 114 cm³/mol. The number of aliphatic imine (C=N–C) groups is 1. The van der Waals surface area contributed by atoms with Crippen molar-refractivity contribution < 1.29 is 22.6 Å². The van der Waals surface area contributed by atoms with Crippen LogP contribution in [0.3, 0.4) is 0 Å². The van der Waals surface area contributed by atoms with Crippen LogP contribution in [-0.4, -0.2) is 42.3 Å². The lowest BCUT2D eigenvalue weighted by Gasteiger charge is -2.16. The average Bonchev–Trinajstić information content (AvgIpc) is 2.67. The topological polar surface area (TPSA) is 56.6 Å². The first-order valence-corrected chi connectivity index (χ1v) is 10.3. The molecule has 0 unspecified atom stereocenters. The Hall–Kier alpha value is -1.97. The second kappa shape index (κ2) is 9.89. The van der Waals surface area contributed by atoms with Crippen molar-refractivity contribution in [3.8, 4) is 11.5 Å². The highest BCUT2D eigenvalue weighted by Gasteiger charge is 2.32. The van der Waals surface area contributed by atoms with Crippen LogP contribution in [0.25, 0.3) is 5.70 Å². The quantitative estimate of drug-likeness (QED) is 0.267. The minimum absolute atomic E-state index is 0.0487. The van der Waals surface area contributed by atoms with Gasteiger partial charge in [-0.25, -0.2) is 9.97 Å². The van der Waals surface area contributed by atoms with Crippen LogP contribution in [0, 0.1) is 6.92 Å². The van der Waals surface area contributed by atoms with Gasteiger partial charge < -0.3 is 9.47 Å². The van der Waals surface area contributed by atoms with Crippen molar-refractivity contribution in [2.75, 3.05) is 20.5 Å². The van der Waals surface area contributed by atoms with E-state index < -0.39 is 12.6 Å². The third-order valence-corrected chi connectivity index (χ3v) is 5.22. The standard InChI is InChI=1S/C19H18Cl2F3N3O2S/c1-9-8-25-18(30-5)27-17(9)11(7-19(22,23)24)26-10(2)14-15(20)12(28-3)6-13(29-4)16(14)21/h6,8H,2,7H2,1,3-5H3/b26-11-. The molecule has 0 aliphatic carbocycles. The van der Waals surface area contributed by atoms with Crippen LogP contribution in [0.5, 0.6) is 11.5 Å². The number of aryl methyl sites for hydroxylation is 1. The molecule has 0 saturated carbocycles. The maximum absolute atomic E-state index is 13.3. The molecule has 0 amide bonds. The zero-order chi connectivity index (χ0) is 22.6. The fourth-order valence-electron chi connectivity index (χ4n) is 2.54. The van der Waals surface area contributed by atoms with Crippen molar-refractivity contribution in [2.24, 2.45) is 4.99 Å². The molecule has 30 heavy (non-hydrogen) atoms. The average molecular weight is 480 g/mol. The van der Waals surface area contributed by atoms with Crippen LogP contribution in [0.1, 0.15) is 23.2 Å². The van der Waals surface area contributed by atoms with E-state index in [0.29, 0.717) is 10.7 Å². The number of hydrogen-bond donors (Lipinski definition) is 0. The molecule has 0 aliphatic heterocycles. The smallest absolute Gasteiger partial charge is 0.394 e. The minimum atomic E-state index is -4.53. The number of aromatic nitrogens is 2. The molecule has 0 N–H and O–H groups in total. The van der Waals surface area contributed by atoms with Gasteiger partial charge in [-0.2, -0.15) is 13.2 Å². The maximum atomic E-state index is 13.3. The van der Waals surface area contributed by atoms with Crippen LogP contribution < -0.4 is 9.47 Å². The van der Waals surface area contributed by atoms with Gasteiger partial charge in [0.2, 0.25) is 0 Å². The molecule has 0 aliphatic rings. The van der Waals surface area contributed by atoms with Crippen molar-refractivity contribution in [1.29, 1.82) is 0 Å². The summed E-state index contributed by atoms with van der Waals surface area (Å²) in [6, 6.07) is 1.46. The van der Waals surface area contributed by atoms with Crippen LogP contribution in [0.2, 0.25) is 10.0 Å². The van der Waals surface area contributed by atoms with E-state index in [-0.39, 0.29) is 44.2 Å². The third-order valence-electron chi connectivity index (χ3n) is 3.91. The summed E-state index contributed by atoms with van der Waals surface area (Å²) in [5, 5.41) is 0.412. The number of ether oxygens (including phenoxy) is 2. The fourth-order valence-corrected chi connectivity index (χ4v) is 3.60.